The Hall–Kier alpha value is -1.98. The molecule has 0 atom stereocenters. The number of halogens is 2. The monoisotopic (exact) mass is 383 g/mol. The van der Waals surface area contributed by atoms with Gasteiger partial charge >= 0.3 is 0 Å². The van der Waals surface area contributed by atoms with Gasteiger partial charge in [0.25, 0.3) is 5.91 Å². The van der Waals surface area contributed by atoms with Crippen LogP contribution in [0, 0.1) is 5.41 Å². The Morgan fingerprint density at radius 1 is 1.16 bits per heavy atom. The van der Waals surface area contributed by atoms with Gasteiger partial charge in [0.15, 0.2) is 11.5 Å². The number of nitrogens with one attached hydrogen (secondary N) is 1. The highest BCUT2D eigenvalue weighted by Gasteiger charge is 2.22. The first kappa shape index (κ1) is 19.3. The van der Waals surface area contributed by atoms with Crippen molar-refractivity contribution in [3.8, 4) is 5.75 Å². The lowest BCUT2D eigenvalue weighted by Crippen LogP contribution is -2.35. The molecular weight excluding hydrogens is 365 g/mol. The maximum absolute atomic E-state index is 12.0. The van der Waals surface area contributed by atoms with E-state index in [0.29, 0.717) is 21.6 Å². The number of hydrogen-bond acceptors (Lipinski definition) is 4. The maximum atomic E-state index is 12.0. The van der Waals surface area contributed by atoms with Crippen LogP contribution in [0.2, 0.25) is 10.0 Å². The molecule has 0 aliphatic rings. The van der Waals surface area contributed by atoms with Crippen LogP contribution in [-0.4, -0.2) is 18.2 Å². The Labute approximate surface area is 156 Å². The minimum absolute atomic E-state index is 0.0464. The Balaban J connectivity index is 1.91. The van der Waals surface area contributed by atoms with Gasteiger partial charge < -0.3 is 14.5 Å². The lowest BCUT2D eigenvalue weighted by atomic mass is 9.91. The third-order valence-electron chi connectivity index (χ3n) is 3.40. The fourth-order valence-electron chi connectivity index (χ4n) is 1.83. The number of ether oxygens (including phenoxy) is 1. The second-order valence-electron chi connectivity index (χ2n) is 6.49. The van der Waals surface area contributed by atoms with E-state index in [0.717, 1.165) is 0 Å². The third kappa shape index (κ3) is 5.51. The molecule has 0 fully saturated rings. The number of amides is 1. The van der Waals surface area contributed by atoms with E-state index in [1.165, 1.54) is 6.07 Å². The zero-order valence-electron chi connectivity index (χ0n) is 14.2. The topological polar surface area (TPSA) is 68.5 Å². The zero-order chi connectivity index (χ0) is 18.6. The smallest absolute Gasteiger partial charge is 0.287 e. The zero-order valence-corrected chi connectivity index (χ0v) is 15.7. The molecule has 25 heavy (non-hydrogen) atoms. The Bertz CT molecular complexity index is 778. The quantitative estimate of drug-likeness (QED) is 0.796. The van der Waals surface area contributed by atoms with Crippen LogP contribution in [0.4, 0.5) is 0 Å². The molecule has 1 heterocycles. The molecular formula is C18H19Cl2NO4. The van der Waals surface area contributed by atoms with E-state index in [1.54, 1.807) is 45.0 Å². The van der Waals surface area contributed by atoms with E-state index in [9.17, 15) is 9.59 Å². The average molecular weight is 384 g/mol. The van der Waals surface area contributed by atoms with Gasteiger partial charge in [-0.3, -0.25) is 9.59 Å². The predicted molar refractivity (Wildman–Crippen MR) is 96.3 cm³/mol. The standard InChI is InChI=1S/C18H19Cl2NO4/c1-18(2,3)16(22)9-21-17(23)15-7-5-12(25-15)10-24-14-6-4-11(19)8-13(14)20/h4-8H,9-10H2,1-3H3,(H,21,23). The molecule has 0 spiro atoms. The van der Waals surface area contributed by atoms with E-state index >= 15 is 0 Å². The van der Waals surface area contributed by atoms with E-state index in [1.807, 2.05) is 0 Å². The molecule has 0 bridgehead atoms. The van der Waals surface area contributed by atoms with Gasteiger partial charge in [0.1, 0.15) is 18.1 Å². The van der Waals surface area contributed by atoms with Crippen LogP contribution in [-0.2, 0) is 11.4 Å². The molecule has 7 heteroatoms. The molecule has 1 amide bonds. The normalized spacial score (nSPS) is 11.2. The van der Waals surface area contributed by atoms with Crippen molar-refractivity contribution in [1.82, 2.24) is 5.32 Å². The summed E-state index contributed by atoms with van der Waals surface area (Å²) < 4.78 is 11.0. The summed E-state index contributed by atoms with van der Waals surface area (Å²) in [4.78, 5) is 23.9. The lowest BCUT2D eigenvalue weighted by molar-refractivity contribution is -0.125. The first-order valence-corrected chi connectivity index (χ1v) is 8.40. The predicted octanol–water partition coefficient (Wildman–Crippen LogP) is 4.51. The molecule has 0 aliphatic carbocycles. The van der Waals surface area contributed by atoms with E-state index in [4.69, 9.17) is 32.4 Å². The van der Waals surface area contributed by atoms with Crippen molar-refractivity contribution in [2.75, 3.05) is 6.54 Å². The summed E-state index contributed by atoms with van der Waals surface area (Å²) in [5, 5.41) is 3.45. The van der Waals surface area contributed by atoms with E-state index < -0.39 is 11.3 Å². The molecule has 134 valence electrons. The summed E-state index contributed by atoms with van der Waals surface area (Å²) in [6.07, 6.45) is 0. The first-order chi connectivity index (χ1) is 11.7. The summed E-state index contributed by atoms with van der Waals surface area (Å²) in [7, 11) is 0. The number of carbonyl (C=O) groups is 2. The van der Waals surface area contributed by atoms with Crippen molar-refractivity contribution >= 4 is 34.9 Å². The summed E-state index contributed by atoms with van der Waals surface area (Å²) in [5.41, 5.74) is -0.507. The van der Waals surface area contributed by atoms with Crippen molar-refractivity contribution in [2.45, 2.75) is 27.4 Å². The van der Waals surface area contributed by atoms with Crippen LogP contribution in [0.25, 0.3) is 0 Å². The second kappa shape index (κ2) is 7.93. The number of carbonyl (C=O) groups excluding carboxylic acids is 2. The maximum Gasteiger partial charge on any atom is 0.287 e. The van der Waals surface area contributed by atoms with Gasteiger partial charge in [-0.15, -0.1) is 0 Å². The van der Waals surface area contributed by atoms with Crippen LogP contribution in [0.5, 0.6) is 5.75 Å². The molecule has 1 aromatic heterocycles. The van der Waals surface area contributed by atoms with Crippen LogP contribution >= 0.6 is 23.2 Å². The summed E-state index contributed by atoms with van der Waals surface area (Å²) in [5.74, 6) is 0.520. The molecule has 5 nitrogen and oxygen atoms in total. The highest BCUT2D eigenvalue weighted by Crippen LogP contribution is 2.28. The molecule has 0 saturated carbocycles. The number of Topliss-reactive ketones (excluding diaryl/α,β-unsaturated/α-hetero) is 1. The van der Waals surface area contributed by atoms with Crippen LogP contribution in [0.3, 0.4) is 0 Å². The summed E-state index contributed by atoms with van der Waals surface area (Å²) >= 11 is 11.8. The minimum Gasteiger partial charge on any atom is -0.484 e. The van der Waals surface area contributed by atoms with E-state index in [2.05, 4.69) is 5.32 Å². The highest BCUT2D eigenvalue weighted by atomic mass is 35.5. The summed E-state index contributed by atoms with van der Waals surface area (Å²) in [6.45, 7) is 5.45. The fourth-order valence-corrected chi connectivity index (χ4v) is 2.29. The largest absolute Gasteiger partial charge is 0.484 e. The fraction of sp³-hybridized carbons (Fsp3) is 0.333. The van der Waals surface area contributed by atoms with Crippen LogP contribution in [0.15, 0.2) is 34.7 Å². The first-order valence-electron chi connectivity index (χ1n) is 7.65. The Kier molecular flexibility index (Phi) is 6.14. The molecule has 1 N–H and O–H groups in total. The number of rotatable bonds is 6. The molecule has 2 rings (SSSR count). The summed E-state index contributed by atoms with van der Waals surface area (Å²) in [6, 6.07) is 8.05. The van der Waals surface area contributed by atoms with Crippen molar-refractivity contribution in [3.05, 3.63) is 51.9 Å². The molecule has 0 radical (unpaired) electrons. The van der Waals surface area contributed by atoms with Gasteiger partial charge in [-0.25, -0.2) is 0 Å². The molecule has 0 aliphatic heterocycles. The van der Waals surface area contributed by atoms with Gasteiger partial charge in [0, 0.05) is 10.4 Å². The molecule has 0 saturated heterocycles. The third-order valence-corrected chi connectivity index (χ3v) is 3.93. The Morgan fingerprint density at radius 2 is 1.88 bits per heavy atom. The molecule has 2 aromatic rings. The van der Waals surface area contributed by atoms with Gasteiger partial charge in [-0.05, 0) is 30.3 Å². The van der Waals surface area contributed by atoms with Crippen LogP contribution < -0.4 is 10.1 Å². The van der Waals surface area contributed by atoms with Gasteiger partial charge in [0.05, 0.1) is 11.6 Å². The SMILES string of the molecule is CC(C)(C)C(=O)CNC(=O)c1ccc(COc2ccc(Cl)cc2Cl)o1. The number of furan rings is 1. The van der Waals surface area contributed by atoms with E-state index in [-0.39, 0.29) is 24.7 Å². The lowest BCUT2D eigenvalue weighted by Gasteiger charge is -2.16. The van der Waals surface area contributed by atoms with Gasteiger partial charge in [-0.2, -0.15) is 0 Å². The molecule has 0 unspecified atom stereocenters. The average Bonchev–Trinajstić information content (AvgIpc) is 2.99. The molecule has 1 aromatic carbocycles. The van der Waals surface area contributed by atoms with Gasteiger partial charge in [-0.1, -0.05) is 44.0 Å². The van der Waals surface area contributed by atoms with Crippen molar-refractivity contribution in [1.29, 1.82) is 0 Å². The number of ketones is 1. The highest BCUT2D eigenvalue weighted by molar-refractivity contribution is 6.35. The van der Waals surface area contributed by atoms with Crippen molar-refractivity contribution in [3.63, 3.8) is 0 Å². The second-order valence-corrected chi connectivity index (χ2v) is 7.33. The van der Waals surface area contributed by atoms with Crippen LogP contribution in [0.1, 0.15) is 37.1 Å². The van der Waals surface area contributed by atoms with Crippen molar-refractivity contribution in [2.24, 2.45) is 5.41 Å². The van der Waals surface area contributed by atoms with Crippen molar-refractivity contribution < 1.29 is 18.7 Å². The minimum atomic E-state index is -0.507. The number of benzene rings is 1. The number of hydrogen-bond donors (Lipinski definition) is 1. The van der Waals surface area contributed by atoms with Gasteiger partial charge in [0.2, 0.25) is 0 Å². The Morgan fingerprint density at radius 3 is 2.52 bits per heavy atom.